The second-order valence-corrected chi connectivity index (χ2v) is 4.40. The van der Waals surface area contributed by atoms with Crippen molar-refractivity contribution in [1.29, 1.82) is 0 Å². The molecule has 5 heteroatoms. The predicted molar refractivity (Wildman–Crippen MR) is 79.3 cm³/mol. The molecule has 0 aliphatic carbocycles. The monoisotopic (exact) mass is 287 g/mol. The van der Waals surface area contributed by atoms with Crippen LogP contribution in [-0.2, 0) is 0 Å². The van der Waals surface area contributed by atoms with Gasteiger partial charge in [0.25, 0.3) is 0 Å². The molecule has 0 saturated heterocycles. The molecule has 0 aliphatic rings. The normalized spacial score (nSPS) is 10.1. The zero-order valence-electron chi connectivity index (χ0n) is 12.5. The molecule has 1 heterocycles. The number of aromatic nitrogens is 1. The van der Waals surface area contributed by atoms with E-state index in [1.165, 1.54) is 6.92 Å². The molecular weight excluding hydrogens is 270 g/mol. The Morgan fingerprint density at radius 2 is 1.71 bits per heavy atom. The molecule has 0 spiro atoms. The van der Waals surface area contributed by atoms with E-state index >= 15 is 0 Å². The number of pyridine rings is 1. The lowest BCUT2D eigenvalue weighted by Crippen LogP contribution is -1.98. The van der Waals surface area contributed by atoms with Crippen LogP contribution in [0.4, 0.5) is 0 Å². The molecule has 5 nitrogen and oxygen atoms in total. The topological polar surface area (TPSA) is 57.7 Å². The Morgan fingerprint density at radius 3 is 2.29 bits per heavy atom. The Morgan fingerprint density at radius 1 is 1.00 bits per heavy atom. The first-order valence-electron chi connectivity index (χ1n) is 6.37. The summed E-state index contributed by atoms with van der Waals surface area (Å²) in [5, 5.41) is 0. The van der Waals surface area contributed by atoms with Crippen LogP contribution in [0.25, 0.3) is 11.1 Å². The lowest BCUT2D eigenvalue weighted by molar-refractivity contribution is 0.101. The van der Waals surface area contributed by atoms with Gasteiger partial charge in [-0.05, 0) is 25.1 Å². The number of hydrogen-bond donors (Lipinski definition) is 0. The van der Waals surface area contributed by atoms with Gasteiger partial charge < -0.3 is 14.2 Å². The van der Waals surface area contributed by atoms with Crippen LogP contribution in [0.5, 0.6) is 17.2 Å². The van der Waals surface area contributed by atoms with Crippen molar-refractivity contribution >= 4 is 5.78 Å². The third-order valence-corrected chi connectivity index (χ3v) is 3.16. The maximum atomic E-state index is 11.5. The SMILES string of the molecule is COc1ccc(-c2cncc(C(C)=O)c2)c(OC)c1OC. The maximum Gasteiger partial charge on any atom is 0.203 e. The number of carbonyl (C=O) groups is 1. The van der Waals surface area contributed by atoms with Gasteiger partial charge in [0.2, 0.25) is 5.75 Å². The number of methoxy groups -OCH3 is 3. The van der Waals surface area contributed by atoms with Crippen LogP contribution < -0.4 is 14.2 Å². The number of nitrogens with zero attached hydrogens (tertiary/aromatic N) is 1. The molecule has 0 fully saturated rings. The van der Waals surface area contributed by atoms with Crippen molar-refractivity contribution in [3.8, 4) is 28.4 Å². The summed E-state index contributed by atoms with van der Waals surface area (Å²) in [7, 11) is 4.67. The highest BCUT2D eigenvalue weighted by Gasteiger charge is 2.17. The summed E-state index contributed by atoms with van der Waals surface area (Å²) in [6, 6.07) is 5.41. The van der Waals surface area contributed by atoms with Gasteiger partial charge in [0.15, 0.2) is 17.3 Å². The van der Waals surface area contributed by atoms with Crippen molar-refractivity contribution in [2.24, 2.45) is 0 Å². The highest BCUT2D eigenvalue weighted by molar-refractivity contribution is 5.95. The third kappa shape index (κ3) is 2.81. The quantitative estimate of drug-likeness (QED) is 0.791. The number of Topliss-reactive ketones (excluding diaryl/α,β-unsaturated/α-hetero) is 1. The van der Waals surface area contributed by atoms with E-state index in [1.54, 1.807) is 45.9 Å². The van der Waals surface area contributed by atoms with Crippen molar-refractivity contribution in [1.82, 2.24) is 4.98 Å². The van der Waals surface area contributed by atoms with Gasteiger partial charge in [-0.25, -0.2) is 0 Å². The van der Waals surface area contributed by atoms with Gasteiger partial charge in [-0.3, -0.25) is 9.78 Å². The lowest BCUT2D eigenvalue weighted by atomic mass is 10.0. The highest BCUT2D eigenvalue weighted by Crippen LogP contribution is 2.44. The van der Waals surface area contributed by atoms with E-state index in [-0.39, 0.29) is 5.78 Å². The molecule has 0 atom stereocenters. The first-order chi connectivity index (χ1) is 10.1. The van der Waals surface area contributed by atoms with E-state index in [9.17, 15) is 4.79 Å². The molecule has 2 rings (SSSR count). The van der Waals surface area contributed by atoms with E-state index < -0.39 is 0 Å². The molecule has 0 radical (unpaired) electrons. The number of hydrogen-bond acceptors (Lipinski definition) is 5. The molecule has 0 amide bonds. The van der Waals surface area contributed by atoms with Crippen molar-refractivity contribution < 1.29 is 19.0 Å². The fourth-order valence-electron chi connectivity index (χ4n) is 2.11. The average Bonchev–Trinajstić information content (AvgIpc) is 2.53. The summed E-state index contributed by atoms with van der Waals surface area (Å²) >= 11 is 0. The molecule has 0 bridgehead atoms. The summed E-state index contributed by atoms with van der Waals surface area (Å²) in [6.07, 6.45) is 3.22. The molecule has 2 aromatic rings. The largest absolute Gasteiger partial charge is 0.493 e. The van der Waals surface area contributed by atoms with Gasteiger partial charge in [-0.1, -0.05) is 0 Å². The van der Waals surface area contributed by atoms with E-state index in [0.29, 0.717) is 22.8 Å². The number of carbonyl (C=O) groups excluding carboxylic acids is 1. The van der Waals surface area contributed by atoms with E-state index in [2.05, 4.69) is 4.98 Å². The van der Waals surface area contributed by atoms with Gasteiger partial charge in [0, 0.05) is 29.1 Å². The van der Waals surface area contributed by atoms with Crippen LogP contribution in [0.3, 0.4) is 0 Å². The zero-order chi connectivity index (χ0) is 15.4. The van der Waals surface area contributed by atoms with Crippen LogP contribution >= 0.6 is 0 Å². The fraction of sp³-hybridized carbons (Fsp3) is 0.250. The number of ketones is 1. The van der Waals surface area contributed by atoms with Gasteiger partial charge in [-0.15, -0.1) is 0 Å². The van der Waals surface area contributed by atoms with Gasteiger partial charge >= 0.3 is 0 Å². The second-order valence-electron chi connectivity index (χ2n) is 4.40. The average molecular weight is 287 g/mol. The zero-order valence-corrected chi connectivity index (χ0v) is 12.5. The third-order valence-electron chi connectivity index (χ3n) is 3.16. The molecular formula is C16H17NO4. The smallest absolute Gasteiger partial charge is 0.203 e. The first-order valence-corrected chi connectivity index (χ1v) is 6.37. The van der Waals surface area contributed by atoms with Crippen LogP contribution in [0.15, 0.2) is 30.6 Å². The minimum atomic E-state index is -0.0382. The molecule has 0 N–H and O–H groups in total. The van der Waals surface area contributed by atoms with E-state index in [4.69, 9.17) is 14.2 Å². The van der Waals surface area contributed by atoms with Gasteiger partial charge in [-0.2, -0.15) is 0 Å². The molecule has 0 unspecified atom stereocenters. The Kier molecular flexibility index (Phi) is 4.42. The van der Waals surface area contributed by atoms with E-state index in [0.717, 1.165) is 11.1 Å². The summed E-state index contributed by atoms with van der Waals surface area (Å²) in [5.41, 5.74) is 2.11. The number of rotatable bonds is 5. The summed E-state index contributed by atoms with van der Waals surface area (Å²) in [6.45, 7) is 1.51. The van der Waals surface area contributed by atoms with Gasteiger partial charge in [0.05, 0.1) is 21.3 Å². The molecule has 0 aliphatic heterocycles. The Balaban J connectivity index is 2.63. The lowest BCUT2D eigenvalue weighted by Gasteiger charge is -2.15. The Bertz CT molecular complexity index is 667. The van der Waals surface area contributed by atoms with Crippen LogP contribution in [0.2, 0.25) is 0 Å². The van der Waals surface area contributed by atoms with E-state index in [1.807, 2.05) is 6.07 Å². The standard InChI is InChI=1S/C16H17NO4/c1-10(18)11-7-12(9-17-8-11)13-5-6-14(19-2)16(21-4)15(13)20-3/h5-9H,1-4H3. The molecule has 0 saturated carbocycles. The maximum absolute atomic E-state index is 11.5. The molecule has 110 valence electrons. The fourth-order valence-corrected chi connectivity index (χ4v) is 2.11. The molecule has 1 aromatic carbocycles. The first kappa shape index (κ1) is 14.8. The summed E-state index contributed by atoms with van der Waals surface area (Å²) < 4.78 is 16.1. The van der Waals surface area contributed by atoms with Crippen LogP contribution in [-0.4, -0.2) is 32.1 Å². The van der Waals surface area contributed by atoms with Crippen molar-refractivity contribution in [3.05, 3.63) is 36.2 Å². The summed E-state index contributed by atoms with van der Waals surface area (Å²) in [4.78, 5) is 15.6. The minimum Gasteiger partial charge on any atom is -0.493 e. The highest BCUT2D eigenvalue weighted by atomic mass is 16.5. The minimum absolute atomic E-state index is 0.0382. The van der Waals surface area contributed by atoms with Crippen molar-refractivity contribution in [2.75, 3.05) is 21.3 Å². The second kappa shape index (κ2) is 6.26. The predicted octanol–water partition coefficient (Wildman–Crippen LogP) is 2.98. The summed E-state index contributed by atoms with van der Waals surface area (Å²) in [5.74, 6) is 1.59. The number of ether oxygens (including phenoxy) is 3. The van der Waals surface area contributed by atoms with Crippen LogP contribution in [0.1, 0.15) is 17.3 Å². The molecule has 1 aromatic heterocycles. The van der Waals surface area contributed by atoms with Crippen molar-refractivity contribution in [2.45, 2.75) is 6.92 Å². The van der Waals surface area contributed by atoms with Gasteiger partial charge in [0.1, 0.15) is 0 Å². The Labute approximate surface area is 123 Å². The molecule has 21 heavy (non-hydrogen) atoms. The van der Waals surface area contributed by atoms with Crippen LogP contribution in [0, 0.1) is 0 Å². The number of benzene rings is 1. The van der Waals surface area contributed by atoms with Crippen molar-refractivity contribution in [3.63, 3.8) is 0 Å². The Hall–Kier alpha value is -2.56.